The number of halogens is 3. The molecule has 0 saturated carbocycles. The lowest BCUT2D eigenvalue weighted by Gasteiger charge is -2.12. The minimum Gasteiger partial charge on any atom is -0.317 e. The molecule has 172 valence electrons. The monoisotopic (exact) mass is 456 g/mol. The highest BCUT2D eigenvalue weighted by atomic mass is 19.4. The normalized spacial score (nSPS) is 12.0. The molecule has 0 aliphatic rings. The molecule has 0 bridgehead atoms. The summed E-state index contributed by atoms with van der Waals surface area (Å²) in [4.78, 5) is 17.1. The van der Waals surface area contributed by atoms with Crippen LogP contribution in [-0.4, -0.2) is 30.3 Å². The zero-order valence-electron chi connectivity index (χ0n) is 18.8. The minimum absolute atomic E-state index is 0.0717. The number of hydrogen-bond donors (Lipinski definition) is 1. The first-order chi connectivity index (χ1) is 15.5. The molecule has 0 fully saturated rings. The van der Waals surface area contributed by atoms with Crippen LogP contribution in [0.2, 0.25) is 0 Å². The van der Waals surface area contributed by atoms with Gasteiger partial charge >= 0.3 is 6.18 Å². The van der Waals surface area contributed by atoms with E-state index in [-0.39, 0.29) is 17.0 Å². The molecule has 3 aromatic heterocycles. The van der Waals surface area contributed by atoms with Crippen LogP contribution in [0.5, 0.6) is 0 Å². The topological polar surface area (TPSA) is 77.1 Å². The second kappa shape index (κ2) is 8.02. The zero-order chi connectivity index (χ0) is 24.1. The summed E-state index contributed by atoms with van der Waals surface area (Å²) in [5.41, 5.74) is 2.30. The highest BCUT2D eigenvalue weighted by Crippen LogP contribution is 2.33. The Morgan fingerprint density at radius 2 is 1.73 bits per heavy atom. The molecule has 0 aliphatic carbocycles. The fourth-order valence-corrected chi connectivity index (χ4v) is 3.61. The van der Waals surface area contributed by atoms with Gasteiger partial charge in [-0.1, -0.05) is 38.1 Å². The van der Waals surface area contributed by atoms with Crippen LogP contribution in [0.25, 0.3) is 16.9 Å². The molecule has 1 amide bonds. The Kier molecular flexibility index (Phi) is 5.47. The van der Waals surface area contributed by atoms with Gasteiger partial charge in [0.2, 0.25) is 0 Å². The molecular weight excluding hydrogens is 433 g/mol. The Morgan fingerprint density at radius 3 is 2.27 bits per heavy atom. The van der Waals surface area contributed by atoms with Crippen molar-refractivity contribution < 1.29 is 18.0 Å². The van der Waals surface area contributed by atoms with Gasteiger partial charge in [0, 0.05) is 18.7 Å². The van der Waals surface area contributed by atoms with Crippen molar-refractivity contribution in [2.45, 2.75) is 39.8 Å². The molecule has 0 atom stereocenters. The molecule has 0 saturated heterocycles. The van der Waals surface area contributed by atoms with Crippen molar-refractivity contribution in [3.05, 3.63) is 64.7 Å². The summed E-state index contributed by atoms with van der Waals surface area (Å²) < 4.78 is 43.8. The highest BCUT2D eigenvalue weighted by molar-refractivity contribution is 6.04. The van der Waals surface area contributed by atoms with Crippen LogP contribution in [0.1, 0.15) is 52.9 Å². The van der Waals surface area contributed by atoms with Crippen molar-refractivity contribution in [3.8, 4) is 11.3 Å². The Labute approximate surface area is 188 Å². The predicted octanol–water partition coefficient (Wildman–Crippen LogP) is 5.14. The summed E-state index contributed by atoms with van der Waals surface area (Å²) in [5, 5.41) is 10.8. The van der Waals surface area contributed by atoms with E-state index in [1.54, 1.807) is 37.7 Å². The van der Waals surface area contributed by atoms with Gasteiger partial charge in [-0.25, -0.2) is 9.50 Å². The second-order valence-corrected chi connectivity index (χ2v) is 8.22. The molecule has 1 aromatic carbocycles. The van der Waals surface area contributed by atoms with Gasteiger partial charge in [0.1, 0.15) is 0 Å². The number of alkyl halides is 3. The van der Waals surface area contributed by atoms with E-state index in [1.807, 2.05) is 26.0 Å². The van der Waals surface area contributed by atoms with Gasteiger partial charge in [-0.3, -0.25) is 9.48 Å². The third-order valence-corrected chi connectivity index (χ3v) is 5.57. The standard InChI is InChI=1S/C23H23F3N6O/c1-12(2)15-6-8-16(9-7-15)17-10-19(23(24,25)26)32-20(27-17)11-18(30-32)22(33)28-21-13(3)29-31(5)14(21)4/h6-12H,1-5H3,(H,28,33). The van der Waals surface area contributed by atoms with Crippen LogP contribution in [0, 0.1) is 13.8 Å². The van der Waals surface area contributed by atoms with E-state index in [0.717, 1.165) is 11.6 Å². The van der Waals surface area contributed by atoms with E-state index < -0.39 is 17.8 Å². The van der Waals surface area contributed by atoms with Gasteiger partial charge in [0.05, 0.1) is 22.8 Å². The van der Waals surface area contributed by atoms with Crippen LogP contribution in [0.3, 0.4) is 0 Å². The Hall–Kier alpha value is -3.69. The van der Waals surface area contributed by atoms with Gasteiger partial charge in [-0.05, 0) is 31.4 Å². The SMILES string of the molecule is Cc1nn(C)c(C)c1NC(=O)c1cc2nc(-c3ccc(C(C)C)cc3)cc(C(F)(F)F)n2n1. The van der Waals surface area contributed by atoms with Crippen molar-refractivity contribution >= 4 is 17.2 Å². The van der Waals surface area contributed by atoms with Gasteiger partial charge in [-0.15, -0.1) is 0 Å². The van der Waals surface area contributed by atoms with Gasteiger partial charge in [0.15, 0.2) is 17.0 Å². The number of amides is 1. The van der Waals surface area contributed by atoms with Gasteiger partial charge < -0.3 is 5.32 Å². The molecule has 0 aliphatic heterocycles. The molecule has 4 rings (SSSR count). The zero-order valence-corrected chi connectivity index (χ0v) is 18.8. The fourth-order valence-electron chi connectivity index (χ4n) is 3.61. The van der Waals surface area contributed by atoms with Crippen molar-refractivity contribution in [1.29, 1.82) is 0 Å². The largest absolute Gasteiger partial charge is 0.433 e. The number of aromatic nitrogens is 5. The molecule has 0 spiro atoms. The van der Waals surface area contributed by atoms with Crippen molar-refractivity contribution in [3.63, 3.8) is 0 Å². The molecule has 3 heterocycles. The van der Waals surface area contributed by atoms with E-state index >= 15 is 0 Å². The molecule has 10 heteroatoms. The van der Waals surface area contributed by atoms with Crippen LogP contribution in [0.4, 0.5) is 18.9 Å². The molecule has 0 unspecified atom stereocenters. The Morgan fingerprint density at radius 1 is 1.06 bits per heavy atom. The number of nitrogens with zero attached hydrogens (tertiary/aromatic N) is 5. The van der Waals surface area contributed by atoms with Crippen molar-refractivity contribution in [2.75, 3.05) is 5.32 Å². The highest BCUT2D eigenvalue weighted by Gasteiger charge is 2.35. The molecule has 33 heavy (non-hydrogen) atoms. The number of rotatable bonds is 4. The Bertz CT molecular complexity index is 1350. The number of hydrogen-bond acceptors (Lipinski definition) is 4. The van der Waals surface area contributed by atoms with Crippen LogP contribution < -0.4 is 5.32 Å². The number of aryl methyl sites for hydroxylation is 2. The lowest BCUT2D eigenvalue weighted by Crippen LogP contribution is -2.16. The molecule has 1 N–H and O–H groups in total. The molecule has 0 radical (unpaired) electrons. The summed E-state index contributed by atoms with van der Waals surface area (Å²) in [6.45, 7) is 7.58. The molecule has 4 aromatic rings. The first-order valence-electron chi connectivity index (χ1n) is 10.4. The molecular formula is C23H23F3N6O. The van der Waals surface area contributed by atoms with E-state index in [2.05, 4.69) is 20.5 Å². The maximum Gasteiger partial charge on any atom is 0.433 e. The summed E-state index contributed by atoms with van der Waals surface area (Å²) in [5.74, 6) is -0.348. The van der Waals surface area contributed by atoms with Crippen molar-refractivity contribution in [1.82, 2.24) is 24.4 Å². The summed E-state index contributed by atoms with van der Waals surface area (Å²) in [7, 11) is 1.73. The minimum atomic E-state index is -4.69. The summed E-state index contributed by atoms with van der Waals surface area (Å²) in [6, 6.07) is 9.41. The quantitative estimate of drug-likeness (QED) is 0.461. The average molecular weight is 456 g/mol. The number of nitrogens with one attached hydrogen (secondary N) is 1. The number of benzene rings is 1. The van der Waals surface area contributed by atoms with Gasteiger partial charge in [0.25, 0.3) is 5.91 Å². The van der Waals surface area contributed by atoms with Crippen LogP contribution in [0.15, 0.2) is 36.4 Å². The number of anilines is 1. The van der Waals surface area contributed by atoms with Crippen LogP contribution in [-0.2, 0) is 13.2 Å². The first kappa shape index (κ1) is 22.5. The predicted molar refractivity (Wildman–Crippen MR) is 118 cm³/mol. The summed E-state index contributed by atoms with van der Waals surface area (Å²) >= 11 is 0. The lowest BCUT2D eigenvalue weighted by molar-refractivity contribution is -0.142. The maximum atomic E-state index is 13.8. The second-order valence-electron chi connectivity index (χ2n) is 8.22. The smallest absolute Gasteiger partial charge is 0.317 e. The third kappa shape index (κ3) is 4.20. The maximum absolute atomic E-state index is 13.8. The van der Waals surface area contributed by atoms with E-state index in [1.165, 1.54) is 6.07 Å². The third-order valence-electron chi connectivity index (χ3n) is 5.57. The van der Waals surface area contributed by atoms with Crippen LogP contribution >= 0.6 is 0 Å². The van der Waals surface area contributed by atoms with E-state index in [9.17, 15) is 18.0 Å². The number of fused-ring (bicyclic) bond motifs is 1. The fraction of sp³-hybridized carbons (Fsp3) is 0.304. The van der Waals surface area contributed by atoms with E-state index in [4.69, 9.17) is 0 Å². The Balaban J connectivity index is 1.78. The van der Waals surface area contributed by atoms with E-state index in [0.29, 0.717) is 33.1 Å². The summed E-state index contributed by atoms with van der Waals surface area (Å²) in [6.07, 6.45) is -4.69. The van der Waals surface area contributed by atoms with Gasteiger partial charge in [-0.2, -0.15) is 23.4 Å². The lowest BCUT2D eigenvalue weighted by atomic mass is 10.0. The number of carbonyl (C=O) groups is 1. The first-order valence-corrected chi connectivity index (χ1v) is 10.4. The average Bonchev–Trinajstić information content (AvgIpc) is 3.28. The molecule has 7 nitrogen and oxygen atoms in total. The van der Waals surface area contributed by atoms with Crippen molar-refractivity contribution in [2.24, 2.45) is 7.05 Å². The number of carbonyl (C=O) groups excluding carboxylic acids is 1.